The lowest BCUT2D eigenvalue weighted by Gasteiger charge is -2.06. The molecule has 0 aliphatic heterocycles. The van der Waals surface area contributed by atoms with E-state index in [9.17, 15) is 4.79 Å². The van der Waals surface area contributed by atoms with Gasteiger partial charge in [0.05, 0.1) is 19.9 Å². The van der Waals surface area contributed by atoms with Crippen LogP contribution >= 0.6 is 0 Å². The summed E-state index contributed by atoms with van der Waals surface area (Å²) in [6, 6.07) is 14.1. The molecule has 2 heterocycles. The van der Waals surface area contributed by atoms with Crippen molar-refractivity contribution in [1.29, 1.82) is 0 Å². The molecule has 1 aromatic carbocycles. The average Bonchev–Trinajstić information content (AvgIpc) is 3.30. The second-order valence-electron chi connectivity index (χ2n) is 5.00. The summed E-state index contributed by atoms with van der Waals surface area (Å²) >= 11 is 0. The Labute approximate surface area is 139 Å². The van der Waals surface area contributed by atoms with E-state index in [0.29, 0.717) is 29.6 Å². The van der Waals surface area contributed by atoms with Gasteiger partial charge in [0.15, 0.2) is 5.76 Å². The number of rotatable bonds is 7. The first-order valence-electron chi connectivity index (χ1n) is 7.41. The molecule has 0 bridgehead atoms. The quantitative estimate of drug-likeness (QED) is 0.720. The SMILES string of the molecule is COc1cccc(OCc2ccc(C(=O)NCc3ccco3)o2)c1. The van der Waals surface area contributed by atoms with Gasteiger partial charge in [0, 0.05) is 6.07 Å². The molecule has 0 saturated heterocycles. The minimum absolute atomic E-state index is 0.221. The Bertz CT molecular complexity index is 791. The van der Waals surface area contributed by atoms with Crippen LogP contribution in [-0.4, -0.2) is 13.0 Å². The molecule has 0 saturated carbocycles. The summed E-state index contributed by atoms with van der Waals surface area (Å²) < 4.78 is 21.4. The van der Waals surface area contributed by atoms with Crippen LogP contribution in [0.1, 0.15) is 22.1 Å². The second-order valence-corrected chi connectivity index (χ2v) is 5.00. The van der Waals surface area contributed by atoms with Gasteiger partial charge in [-0.05, 0) is 36.4 Å². The summed E-state index contributed by atoms with van der Waals surface area (Å²) in [5.74, 6) is 2.53. The highest BCUT2D eigenvalue weighted by Gasteiger charge is 2.12. The fourth-order valence-corrected chi connectivity index (χ4v) is 2.09. The van der Waals surface area contributed by atoms with Crippen LogP contribution in [-0.2, 0) is 13.2 Å². The van der Waals surface area contributed by atoms with Crippen molar-refractivity contribution in [2.75, 3.05) is 7.11 Å². The van der Waals surface area contributed by atoms with Crippen molar-refractivity contribution in [3.63, 3.8) is 0 Å². The Morgan fingerprint density at radius 1 is 1.08 bits per heavy atom. The van der Waals surface area contributed by atoms with Crippen LogP contribution in [0.5, 0.6) is 11.5 Å². The smallest absolute Gasteiger partial charge is 0.287 e. The summed E-state index contributed by atoms with van der Waals surface area (Å²) in [7, 11) is 1.60. The summed E-state index contributed by atoms with van der Waals surface area (Å²) in [4.78, 5) is 12.0. The zero-order chi connectivity index (χ0) is 16.8. The molecule has 0 aliphatic rings. The summed E-state index contributed by atoms with van der Waals surface area (Å²) in [6.45, 7) is 0.529. The topological polar surface area (TPSA) is 73.8 Å². The number of carbonyl (C=O) groups is 1. The van der Waals surface area contributed by atoms with Gasteiger partial charge < -0.3 is 23.6 Å². The van der Waals surface area contributed by atoms with Crippen LogP contribution in [0.15, 0.2) is 63.6 Å². The zero-order valence-electron chi connectivity index (χ0n) is 13.2. The highest BCUT2D eigenvalue weighted by molar-refractivity contribution is 5.91. The first-order valence-corrected chi connectivity index (χ1v) is 7.41. The Hall–Kier alpha value is -3.15. The van der Waals surface area contributed by atoms with Crippen molar-refractivity contribution in [1.82, 2.24) is 5.32 Å². The fraction of sp³-hybridized carbons (Fsp3) is 0.167. The van der Waals surface area contributed by atoms with Crippen molar-refractivity contribution >= 4 is 5.91 Å². The van der Waals surface area contributed by atoms with Gasteiger partial charge in [-0.1, -0.05) is 6.07 Å². The Morgan fingerprint density at radius 2 is 1.96 bits per heavy atom. The van der Waals surface area contributed by atoms with Gasteiger partial charge in [-0.2, -0.15) is 0 Å². The van der Waals surface area contributed by atoms with Gasteiger partial charge in [0.2, 0.25) is 0 Å². The number of carbonyl (C=O) groups excluding carboxylic acids is 1. The van der Waals surface area contributed by atoms with Crippen LogP contribution in [0.2, 0.25) is 0 Å². The molecular formula is C18H17NO5. The third-order valence-corrected chi connectivity index (χ3v) is 3.31. The second kappa shape index (κ2) is 7.41. The molecule has 6 heteroatoms. The number of hydrogen-bond donors (Lipinski definition) is 1. The number of methoxy groups -OCH3 is 1. The molecule has 1 N–H and O–H groups in total. The fourth-order valence-electron chi connectivity index (χ4n) is 2.09. The summed E-state index contributed by atoms with van der Waals surface area (Å²) in [5, 5.41) is 2.72. The van der Waals surface area contributed by atoms with Gasteiger partial charge in [-0.25, -0.2) is 0 Å². The predicted molar refractivity (Wildman–Crippen MR) is 85.9 cm³/mol. The van der Waals surface area contributed by atoms with Crippen molar-refractivity contribution < 1.29 is 23.1 Å². The number of amides is 1. The maximum atomic E-state index is 12.0. The van der Waals surface area contributed by atoms with E-state index < -0.39 is 0 Å². The monoisotopic (exact) mass is 327 g/mol. The Kier molecular flexibility index (Phi) is 4.86. The highest BCUT2D eigenvalue weighted by Crippen LogP contribution is 2.20. The largest absolute Gasteiger partial charge is 0.497 e. The standard InChI is InChI=1S/C18H17NO5/c1-21-13-4-2-5-14(10-13)23-12-16-7-8-17(24-16)18(20)19-11-15-6-3-9-22-15/h2-10H,11-12H2,1H3,(H,19,20). The molecule has 124 valence electrons. The van der Waals surface area contributed by atoms with E-state index in [0.717, 1.165) is 0 Å². The van der Waals surface area contributed by atoms with Gasteiger partial charge in [0.1, 0.15) is 29.6 Å². The Balaban J connectivity index is 1.53. The maximum Gasteiger partial charge on any atom is 0.287 e. The lowest BCUT2D eigenvalue weighted by molar-refractivity contribution is 0.0916. The minimum atomic E-state index is -0.306. The number of hydrogen-bond acceptors (Lipinski definition) is 5. The Morgan fingerprint density at radius 3 is 2.75 bits per heavy atom. The third kappa shape index (κ3) is 3.98. The van der Waals surface area contributed by atoms with E-state index in [1.165, 1.54) is 0 Å². The number of ether oxygens (including phenoxy) is 2. The van der Waals surface area contributed by atoms with Crippen molar-refractivity contribution in [3.8, 4) is 11.5 Å². The van der Waals surface area contributed by atoms with E-state index in [-0.39, 0.29) is 18.3 Å². The normalized spacial score (nSPS) is 10.4. The van der Waals surface area contributed by atoms with Gasteiger partial charge in [-0.3, -0.25) is 4.79 Å². The molecule has 2 aromatic heterocycles. The molecule has 6 nitrogen and oxygen atoms in total. The lowest BCUT2D eigenvalue weighted by Crippen LogP contribution is -2.21. The number of benzene rings is 1. The molecule has 0 spiro atoms. The molecular weight excluding hydrogens is 310 g/mol. The summed E-state index contributed by atoms with van der Waals surface area (Å²) in [6.07, 6.45) is 1.56. The molecule has 24 heavy (non-hydrogen) atoms. The highest BCUT2D eigenvalue weighted by atomic mass is 16.5. The molecule has 3 aromatic rings. The lowest BCUT2D eigenvalue weighted by atomic mass is 10.3. The first kappa shape index (κ1) is 15.7. The average molecular weight is 327 g/mol. The third-order valence-electron chi connectivity index (χ3n) is 3.31. The number of furan rings is 2. The number of nitrogens with one attached hydrogen (secondary N) is 1. The zero-order valence-corrected chi connectivity index (χ0v) is 13.2. The van der Waals surface area contributed by atoms with Crippen LogP contribution in [0.3, 0.4) is 0 Å². The molecule has 0 fully saturated rings. The van der Waals surface area contributed by atoms with Crippen LogP contribution in [0, 0.1) is 0 Å². The van der Waals surface area contributed by atoms with Crippen LogP contribution < -0.4 is 14.8 Å². The van der Waals surface area contributed by atoms with E-state index in [1.54, 1.807) is 43.7 Å². The first-order chi connectivity index (χ1) is 11.7. The summed E-state index contributed by atoms with van der Waals surface area (Å²) in [5.41, 5.74) is 0. The van der Waals surface area contributed by atoms with Gasteiger partial charge in [-0.15, -0.1) is 0 Å². The molecule has 0 unspecified atom stereocenters. The van der Waals surface area contributed by atoms with Crippen molar-refractivity contribution in [2.45, 2.75) is 13.2 Å². The molecule has 0 aliphatic carbocycles. The predicted octanol–water partition coefficient (Wildman–Crippen LogP) is 3.39. The molecule has 0 atom stereocenters. The maximum absolute atomic E-state index is 12.0. The molecule has 3 rings (SSSR count). The van der Waals surface area contributed by atoms with Gasteiger partial charge >= 0.3 is 0 Å². The van der Waals surface area contributed by atoms with E-state index in [1.807, 2.05) is 18.2 Å². The van der Waals surface area contributed by atoms with E-state index in [2.05, 4.69) is 5.32 Å². The van der Waals surface area contributed by atoms with Crippen molar-refractivity contribution in [2.24, 2.45) is 0 Å². The minimum Gasteiger partial charge on any atom is -0.497 e. The van der Waals surface area contributed by atoms with E-state index >= 15 is 0 Å². The van der Waals surface area contributed by atoms with Gasteiger partial charge in [0.25, 0.3) is 5.91 Å². The molecule has 0 radical (unpaired) electrons. The van der Waals surface area contributed by atoms with Crippen molar-refractivity contribution in [3.05, 3.63) is 72.1 Å². The van der Waals surface area contributed by atoms with Crippen LogP contribution in [0.25, 0.3) is 0 Å². The van der Waals surface area contributed by atoms with E-state index in [4.69, 9.17) is 18.3 Å². The van der Waals surface area contributed by atoms with Crippen LogP contribution in [0.4, 0.5) is 0 Å². The molecule has 1 amide bonds.